The fraction of sp³-hybridized carbons (Fsp3) is 0.588. The van der Waals surface area contributed by atoms with Gasteiger partial charge in [-0.05, 0) is 36.6 Å². The largest absolute Gasteiger partial charge is 0.358 e. The average Bonchev–Trinajstić information content (AvgIpc) is 3.03. The number of nitrogens with zero attached hydrogens (tertiary/aromatic N) is 3. The van der Waals surface area contributed by atoms with E-state index in [4.69, 9.17) is 4.74 Å². The molecule has 0 radical (unpaired) electrons. The normalized spacial score (nSPS) is 17.9. The van der Waals surface area contributed by atoms with E-state index in [1.54, 1.807) is 4.80 Å². The topological polar surface area (TPSA) is 57.0 Å². The van der Waals surface area contributed by atoms with Crippen molar-refractivity contribution in [3.8, 4) is 0 Å². The van der Waals surface area contributed by atoms with Gasteiger partial charge in [-0.3, -0.25) is 4.79 Å². The minimum Gasteiger partial charge on any atom is -0.358 e. The number of hydrogen-bond acceptors (Lipinski definition) is 4. The summed E-state index contributed by atoms with van der Waals surface area (Å²) in [4.78, 5) is 13.9. The summed E-state index contributed by atoms with van der Waals surface area (Å²) >= 11 is 0. The summed E-state index contributed by atoms with van der Waals surface area (Å²) in [5, 5.41) is 9.04. The molecule has 0 spiro atoms. The van der Waals surface area contributed by atoms with E-state index in [0.717, 1.165) is 47.7 Å². The Labute approximate surface area is 138 Å². The van der Waals surface area contributed by atoms with Gasteiger partial charge in [0.2, 0.25) is 0 Å². The van der Waals surface area contributed by atoms with Gasteiger partial charge in [-0.15, -0.1) is 0 Å². The molecule has 0 saturated carbocycles. The van der Waals surface area contributed by atoms with E-state index >= 15 is 0 Å². The van der Waals surface area contributed by atoms with Gasteiger partial charge in [0.05, 0.1) is 0 Å². The quantitative estimate of drug-likeness (QED) is 0.600. The molecule has 1 unspecified atom stereocenters. The number of carbonyl (C=O) groups is 1. The van der Waals surface area contributed by atoms with E-state index in [1.165, 1.54) is 0 Å². The van der Waals surface area contributed by atoms with Gasteiger partial charge in [-0.1, -0.05) is 26.6 Å². The molecule has 3 rings (SSSR count). The predicted molar refractivity (Wildman–Crippen MR) is 93.4 cm³/mol. The lowest BCUT2D eigenvalue weighted by atomic mass is 10.0. The van der Waals surface area contributed by atoms with E-state index in [0.29, 0.717) is 6.73 Å². The van der Waals surface area contributed by atoms with Crippen molar-refractivity contribution in [1.82, 2.24) is 15.0 Å². The van der Waals surface area contributed by atoms with Crippen LogP contribution in [-0.4, -0.2) is 35.5 Å². The van der Waals surface area contributed by atoms with Crippen LogP contribution in [0.2, 0.25) is 25.7 Å². The third kappa shape index (κ3) is 3.38. The zero-order valence-electron chi connectivity index (χ0n) is 14.4. The van der Waals surface area contributed by atoms with Crippen LogP contribution in [0.3, 0.4) is 0 Å². The highest BCUT2D eigenvalue weighted by molar-refractivity contribution is 6.76. The molecule has 0 fully saturated rings. The summed E-state index contributed by atoms with van der Waals surface area (Å²) in [5.41, 5.74) is 3.60. The Hall–Kier alpha value is -1.53. The number of hydrogen-bond donors (Lipinski definition) is 0. The Balaban J connectivity index is 1.75. The zero-order chi connectivity index (χ0) is 16.6. The third-order valence-electron chi connectivity index (χ3n) is 4.48. The van der Waals surface area contributed by atoms with Crippen LogP contribution in [-0.2, 0) is 17.9 Å². The Morgan fingerprint density at radius 1 is 1.30 bits per heavy atom. The summed E-state index contributed by atoms with van der Waals surface area (Å²) in [6.07, 6.45) is 1.67. The minimum atomic E-state index is -1.07. The number of carbonyl (C=O) groups excluding carboxylic acids is 1. The molecule has 124 valence electrons. The molecule has 6 heteroatoms. The van der Waals surface area contributed by atoms with Gasteiger partial charge in [0.1, 0.15) is 11.0 Å². The molecule has 1 atom stereocenters. The fourth-order valence-corrected chi connectivity index (χ4v) is 3.74. The molecule has 1 aliphatic rings. The van der Waals surface area contributed by atoms with Gasteiger partial charge in [0.15, 0.2) is 12.5 Å². The lowest BCUT2D eigenvalue weighted by molar-refractivity contribution is 0.0692. The van der Waals surface area contributed by atoms with Crippen LogP contribution in [0.15, 0.2) is 12.1 Å². The molecule has 2 aromatic rings. The predicted octanol–water partition coefficient (Wildman–Crippen LogP) is 3.51. The highest BCUT2D eigenvalue weighted by atomic mass is 28.3. The number of Topliss-reactive ketones (excluding diaryl/α,β-unsaturated/α-hetero) is 1. The highest BCUT2D eigenvalue weighted by Crippen LogP contribution is 2.32. The molecule has 0 N–H and O–H groups in total. The standard InChI is InChI=1S/C17H25N3O2Si/c1-5-12-10-14-13(17(12)21)6-7-15-16(14)19-20(18-15)11-22-8-9-23(2,3)4/h6-7,12H,5,8-11H2,1-4H3. The maximum atomic E-state index is 12.3. The van der Waals surface area contributed by atoms with Crippen LogP contribution in [0.4, 0.5) is 0 Å². The fourth-order valence-electron chi connectivity index (χ4n) is 2.99. The summed E-state index contributed by atoms with van der Waals surface area (Å²) < 4.78 is 5.71. The van der Waals surface area contributed by atoms with Crippen LogP contribution < -0.4 is 0 Å². The van der Waals surface area contributed by atoms with Crippen molar-refractivity contribution in [2.75, 3.05) is 6.61 Å². The second kappa shape index (κ2) is 6.17. The number of ether oxygens (including phenoxy) is 1. The number of rotatable bonds is 6. The Bertz CT molecular complexity index is 733. The molecule has 5 nitrogen and oxygen atoms in total. The van der Waals surface area contributed by atoms with Crippen molar-refractivity contribution in [3.63, 3.8) is 0 Å². The first kappa shape index (κ1) is 16.3. The van der Waals surface area contributed by atoms with Gasteiger partial charge in [0, 0.05) is 26.2 Å². The van der Waals surface area contributed by atoms with Crippen molar-refractivity contribution in [3.05, 3.63) is 23.3 Å². The number of ketones is 1. The molecular formula is C17H25N3O2Si. The van der Waals surface area contributed by atoms with E-state index in [2.05, 4.69) is 36.8 Å². The first-order valence-corrected chi connectivity index (χ1v) is 12.1. The van der Waals surface area contributed by atoms with Crippen LogP contribution in [0, 0.1) is 5.92 Å². The molecule has 0 aliphatic heterocycles. The van der Waals surface area contributed by atoms with Crippen molar-refractivity contribution in [1.29, 1.82) is 0 Å². The van der Waals surface area contributed by atoms with Crippen LogP contribution in [0.5, 0.6) is 0 Å². The Kier molecular flexibility index (Phi) is 4.38. The van der Waals surface area contributed by atoms with Crippen LogP contribution in [0.1, 0.15) is 29.3 Å². The van der Waals surface area contributed by atoms with E-state index in [-0.39, 0.29) is 11.7 Å². The highest BCUT2D eigenvalue weighted by Gasteiger charge is 2.31. The van der Waals surface area contributed by atoms with Gasteiger partial charge >= 0.3 is 0 Å². The SMILES string of the molecule is CCC1Cc2c(ccc3nn(COCC[Si](C)(C)C)nc23)C1=O. The third-order valence-corrected chi connectivity index (χ3v) is 6.19. The number of benzene rings is 1. The second-order valence-corrected chi connectivity index (χ2v) is 13.2. The van der Waals surface area contributed by atoms with Gasteiger partial charge in [-0.25, -0.2) is 0 Å². The maximum Gasteiger partial charge on any atom is 0.166 e. The summed E-state index contributed by atoms with van der Waals surface area (Å²) in [5.74, 6) is 0.360. The molecular weight excluding hydrogens is 306 g/mol. The van der Waals surface area contributed by atoms with Gasteiger partial charge < -0.3 is 4.74 Å². The minimum absolute atomic E-state index is 0.105. The van der Waals surface area contributed by atoms with E-state index in [1.807, 2.05) is 12.1 Å². The van der Waals surface area contributed by atoms with Crippen molar-refractivity contribution in [2.45, 2.75) is 52.2 Å². The van der Waals surface area contributed by atoms with Crippen LogP contribution in [0.25, 0.3) is 11.0 Å². The first-order valence-electron chi connectivity index (χ1n) is 8.37. The lowest BCUT2D eigenvalue weighted by Gasteiger charge is -2.14. The Morgan fingerprint density at radius 3 is 2.78 bits per heavy atom. The molecule has 0 bridgehead atoms. The molecule has 1 heterocycles. The first-order chi connectivity index (χ1) is 10.9. The lowest BCUT2D eigenvalue weighted by Crippen LogP contribution is -2.22. The van der Waals surface area contributed by atoms with Crippen molar-refractivity contribution < 1.29 is 9.53 Å². The van der Waals surface area contributed by atoms with Gasteiger partial charge in [0.25, 0.3) is 0 Å². The number of aromatic nitrogens is 3. The van der Waals surface area contributed by atoms with E-state index < -0.39 is 8.07 Å². The summed E-state index contributed by atoms with van der Waals surface area (Å²) in [7, 11) is -1.07. The molecule has 23 heavy (non-hydrogen) atoms. The monoisotopic (exact) mass is 331 g/mol. The Morgan fingerprint density at radius 2 is 2.09 bits per heavy atom. The molecule has 0 amide bonds. The van der Waals surface area contributed by atoms with Crippen molar-refractivity contribution in [2.24, 2.45) is 5.92 Å². The molecule has 1 aromatic carbocycles. The summed E-state index contributed by atoms with van der Waals surface area (Å²) in [6.45, 7) is 10.2. The van der Waals surface area contributed by atoms with Crippen molar-refractivity contribution >= 4 is 24.9 Å². The second-order valence-electron chi connectivity index (χ2n) is 7.55. The maximum absolute atomic E-state index is 12.3. The molecule has 0 saturated heterocycles. The van der Waals surface area contributed by atoms with Gasteiger partial charge in [-0.2, -0.15) is 15.0 Å². The summed E-state index contributed by atoms with van der Waals surface area (Å²) in [6, 6.07) is 4.94. The van der Waals surface area contributed by atoms with Crippen LogP contribution >= 0.6 is 0 Å². The van der Waals surface area contributed by atoms with E-state index in [9.17, 15) is 4.79 Å². The zero-order valence-corrected chi connectivity index (χ0v) is 15.4. The number of fused-ring (bicyclic) bond motifs is 3. The molecule has 1 aliphatic carbocycles. The molecule has 1 aromatic heterocycles. The smallest absolute Gasteiger partial charge is 0.166 e. The average molecular weight is 331 g/mol.